The Bertz CT molecular complexity index is 1020. The smallest absolute Gasteiger partial charge is 0.191 e. The Balaban J connectivity index is 0.00000272. The maximum Gasteiger partial charge on any atom is 0.191 e. The molecular weight excluding hydrogens is 514 g/mol. The third kappa shape index (κ3) is 5.58. The minimum atomic E-state index is -0.298. The first kappa shape index (κ1) is 23.1. The topological polar surface area (TPSA) is 94.2 Å². The lowest BCUT2D eigenvalue weighted by molar-refractivity contribution is 0.177. The van der Waals surface area contributed by atoms with Crippen LogP contribution >= 0.6 is 24.0 Å². The maximum atomic E-state index is 14.4. The third-order valence-corrected chi connectivity index (χ3v) is 4.99. The molecule has 11 heteroatoms. The molecule has 1 aliphatic heterocycles. The van der Waals surface area contributed by atoms with E-state index in [1.54, 1.807) is 43.5 Å². The largest absolute Gasteiger partial charge is 0.377 e. The van der Waals surface area contributed by atoms with Gasteiger partial charge in [0.1, 0.15) is 18.2 Å². The predicted molar refractivity (Wildman–Crippen MR) is 125 cm³/mol. The molecule has 2 N–H and O–H groups in total. The Hall–Kier alpha value is -2.54. The number of aromatic nitrogens is 5. The van der Waals surface area contributed by atoms with E-state index in [-0.39, 0.29) is 35.8 Å². The second-order valence-corrected chi connectivity index (χ2v) is 7.12. The number of nitrogens with zero attached hydrogens (tertiary/aromatic N) is 6. The summed E-state index contributed by atoms with van der Waals surface area (Å²) in [6.07, 6.45) is 6.68. The number of nitrogens with one attached hydrogen (secondary N) is 2. The molecular formula is C20H26FIN8O. The van der Waals surface area contributed by atoms with Crippen LogP contribution in [-0.4, -0.2) is 50.5 Å². The number of methoxy groups -OCH3 is 1. The van der Waals surface area contributed by atoms with E-state index in [9.17, 15) is 4.39 Å². The molecule has 1 unspecified atom stereocenters. The summed E-state index contributed by atoms with van der Waals surface area (Å²) in [5, 5.41) is 11.2. The molecule has 3 aromatic rings. The number of benzene rings is 1. The number of halogens is 2. The molecule has 0 amide bonds. The van der Waals surface area contributed by atoms with Crippen molar-refractivity contribution < 1.29 is 9.13 Å². The lowest BCUT2D eigenvalue weighted by atomic mass is 10.1. The second-order valence-electron chi connectivity index (χ2n) is 7.12. The van der Waals surface area contributed by atoms with Crippen LogP contribution in [0.4, 0.5) is 4.39 Å². The van der Waals surface area contributed by atoms with Crippen molar-refractivity contribution >= 4 is 29.9 Å². The summed E-state index contributed by atoms with van der Waals surface area (Å²) >= 11 is 0. The quantitative estimate of drug-likeness (QED) is 0.283. The number of rotatable bonds is 6. The molecule has 9 nitrogen and oxygen atoms in total. The zero-order chi connectivity index (χ0) is 20.9. The minimum absolute atomic E-state index is 0. The average Bonchev–Trinajstić information content (AvgIpc) is 3.40. The zero-order valence-electron chi connectivity index (χ0n) is 17.5. The molecule has 1 aromatic carbocycles. The summed E-state index contributed by atoms with van der Waals surface area (Å²) in [7, 11) is 3.36. The summed E-state index contributed by atoms with van der Waals surface area (Å²) in [5.41, 5.74) is 1.29. The van der Waals surface area contributed by atoms with Crippen LogP contribution in [0, 0.1) is 5.82 Å². The Morgan fingerprint density at radius 1 is 1.39 bits per heavy atom. The fraction of sp³-hybridized carbons (Fsp3) is 0.400. The molecule has 31 heavy (non-hydrogen) atoms. The van der Waals surface area contributed by atoms with E-state index >= 15 is 0 Å². The van der Waals surface area contributed by atoms with Crippen LogP contribution in [0.5, 0.6) is 0 Å². The zero-order valence-corrected chi connectivity index (χ0v) is 19.8. The van der Waals surface area contributed by atoms with Gasteiger partial charge < -0.3 is 19.9 Å². The van der Waals surface area contributed by atoms with Crippen molar-refractivity contribution in [1.82, 2.24) is 34.9 Å². The lowest BCUT2D eigenvalue weighted by Crippen LogP contribution is -2.46. The standard InChI is InChI=1S/C20H25FN8O.HI/c1-22-20(25-15-4-6-19-26-18(12-30-2)27-29(19)11-15)24-10-14-3-5-17(16(21)9-14)28-8-7-23-13-28;/h3,5,7-9,13,15H,4,6,10-12H2,1-2H3,(H2,22,24,25);1H. The first-order chi connectivity index (χ1) is 14.7. The fourth-order valence-corrected chi connectivity index (χ4v) is 3.51. The number of aryl methyl sites for hydroxylation is 1. The predicted octanol–water partition coefficient (Wildman–Crippen LogP) is 2.05. The van der Waals surface area contributed by atoms with Crippen LogP contribution in [0.2, 0.25) is 0 Å². The van der Waals surface area contributed by atoms with Gasteiger partial charge in [-0.1, -0.05) is 6.07 Å². The number of hydrogen-bond donors (Lipinski definition) is 2. The van der Waals surface area contributed by atoms with Gasteiger partial charge in [0.05, 0.1) is 18.6 Å². The number of aliphatic imine (C=N–C) groups is 1. The fourth-order valence-electron chi connectivity index (χ4n) is 3.51. The van der Waals surface area contributed by atoms with E-state index in [1.807, 2.05) is 10.7 Å². The summed E-state index contributed by atoms with van der Waals surface area (Å²) < 4.78 is 23.1. The van der Waals surface area contributed by atoms with Crippen molar-refractivity contribution in [2.24, 2.45) is 4.99 Å². The normalized spacial score (nSPS) is 15.8. The van der Waals surface area contributed by atoms with Crippen molar-refractivity contribution in [1.29, 1.82) is 0 Å². The van der Waals surface area contributed by atoms with E-state index < -0.39 is 0 Å². The Labute approximate surface area is 197 Å². The van der Waals surface area contributed by atoms with Crippen LogP contribution < -0.4 is 10.6 Å². The molecule has 0 saturated carbocycles. The van der Waals surface area contributed by atoms with Gasteiger partial charge >= 0.3 is 0 Å². The highest BCUT2D eigenvalue weighted by atomic mass is 127. The molecule has 166 valence electrons. The summed E-state index contributed by atoms with van der Waals surface area (Å²) in [5.74, 6) is 2.06. The van der Waals surface area contributed by atoms with Crippen LogP contribution in [0.15, 0.2) is 41.9 Å². The van der Waals surface area contributed by atoms with E-state index in [1.165, 1.54) is 6.07 Å². The van der Waals surface area contributed by atoms with Crippen molar-refractivity contribution in [3.8, 4) is 5.69 Å². The van der Waals surface area contributed by atoms with E-state index in [0.717, 1.165) is 24.2 Å². The summed E-state index contributed by atoms with van der Waals surface area (Å²) in [4.78, 5) is 12.7. The number of fused-ring (bicyclic) bond motifs is 1. The average molecular weight is 540 g/mol. The van der Waals surface area contributed by atoms with Crippen LogP contribution in [0.1, 0.15) is 23.6 Å². The van der Waals surface area contributed by atoms with E-state index in [0.29, 0.717) is 37.2 Å². The molecule has 0 fully saturated rings. The molecule has 0 saturated heterocycles. The van der Waals surface area contributed by atoms with Gasteiger partial charge in [-0.2, -0.15) is 5.10 Å². The molecule has 0 bridgehead atoms. The number of hydrogen-bond acceptors (Lipinski definition) is 5. The van der Waals surface area contributed by atoms with Crippen molar-refractivity contribution in [2.75, 3.05) is 14.2 Å². The van der Waals surface area contributed by atoms with Crippen LogP contribution in [-0.2, 0) is 30.9 Å². The maximum absolute atomic E-state index is 14.4. The molecule has 3 heterocycles. The van der Waals surface area contributed by atoms with Gasteiger partial charge in [-0.05, 0) is 24.1 Å². The molecule has 0 aliphatic carbocycles. The summed E-state index contributed by atoms with van der Waals surface area (Å²) in [6.45, 7) is 1.58. The van der Waals surface area contributed by atoms with E-state index in [4.69, 9.17) is 4.74 Å². The Morgan fingerprint density at radius 3 is 2.97 bits per heavy atom. The van der Waals surface area contributed by atoms with Crippen LogP contribution in [0.3, 0.4) is 0 Å². The van der Waals surface area contributed by atoms with Crippen molar-refractivity contribution in [3.05, 3.63) is 59.9 Å². The molecule has 1 atom stereocenters. The van der Waals surface area contributed by atoms with Gasteiger partial charge in [-0.25, -0.2) is 19.0 Å². The Kier molecular flexibility index (Phi) is 7.96. The van der Waals surface area contributed by atoms with Gasteiger partial charge in [0, 0.05) is 45.6 Å². The highest BCUT2D eigenvalue weighted by molar-refractivity contribution is 14.0. The third-order valence-electron chi connectivity index (χ3n) is 4.99. The first-order valence-electron chi connectivity index (χ1n) is 9.81. The molecule has 0 spiro atoms. The SMILES string of the molecule is CN=C(NCc1ccc(-n2ccnc2)c(F)c1)NC1CCc2nc(COC)nn2C1.I. The van der Waals surface area contributed by atoms with Crippen LogP contribution in [0.25, 0.3) is 5.69 Å². The van der Waals surface area contributed by atoms with E-state index in [2.05, 4.69) is 30.7 Å². The Morgan fingerprint density at radius 2 is 2.26 bits per heavy atom. The van der Waals surface area contributed by atoms with Gasteiger partial charge in [0.25, 0.3) is 0 Å². The van der Waals surface area contributed by atoms with Crippen molar-refractivity contribution in [2.45, 2.75) is 38.6 Å². The van der Waals surface area contributed by atoms with Gasteiger partial charge in [-0.15, -0.1) is 24.0 Å². The molecule has 1 aliphatic rings. The minimum Gasteiger partial charge on any atom is -0.377 e. The highest BCUT2D eigenvalue weighted by Crippen LogP contribution is 2.15. The lowest BCUT2D eigenvalue weighted by Gasteiger charge is -2.25. The van der Waals surface area contributed by atoms with Gasteiger partial charge in [0.2, 0.25) is 0 Å². The molecule has 0 radical (unpaired) electrons. The van der Waals surface area contributed by atoms with Gasteiger partial charge in [-0.3, -0.25) is 4.99 Å². The van der Waals surface area contributed by atoms with Crippen molar-refractivity contribution in [3.63, 3.8) is 0 Å². The monoisotopic (exact) mass is 540 g/mol. The number of ether oxygens (including phenoxy) is 1. The highest BCUT2D eigenvalue weighted by Gasteiger charge is 2.22. The number of imidazole rings is 1. The number of guanidine groups is 1. The van der Waals surface area contributed by atoms with Gasteiger partial charge in [0.15, 0.2) is 11.8 Å². The molecule has 4 rings (SSSR count). The second kappa shape index (κ2) is 10.7. The first-order valence-corrected chi connectivity index (χ1v) is 9.81. The summed E-state index contributed by atoms with van der Waals surface area (Å²) in [6, 6.07) is 5.34. The molecule has 2 aromatic heterocycles.